The lowest BCUT2D eigenvalue weighted by molar-refractivity contribution is 0.0637. The molecule has 0 unspecified atom stereocenters. The SMILES string of the molecule is CCN1CCN(C(=O)c2cc(N3CCCCCC3)ncn2)CC1. The van der Waals surface area contributed by atoms with Gasteiger partial charge < -0.3 is 14.7 Å². The molecule has 3 heterocycles. The van der Waals surface area contributed by atoms with Crippen LogP contribution in [0.15, 0.2) is 12.4 Å². The fraction of sp³-hybridized carbons (Fsp3) is 0.706. The Morgan fingerprint density at radius 2 is 1.70 bits per heavy atom. The van der Waals surface area contributed by atoms with Crippen LogP contribution in [0.5, 0.6) is 0 Å². The first-order chi connectivity index (χ1) is 11.3. The zero-order valence-corrected chi connectivity index (χ0v) is 14.1. The highest BCUT2D eigenvalue weighted by molar-refractivity contribution is 5.93. The van der Waals surface area contributed by atoms with E-state index in [9.17, 15) is 4.79 Å². The van der Waals surface area contributed by atoms with Crippen molar-refractivity contribution in [2.75, 3.05) is 50.7 Å². The van der Waals surface area contributed by atoms with Gasteiger partial charge in [0, 0.05) is 45.3 Å². The maximum absolute atomic E-state index is 12.7. The van der Waals surface area contributed by atoms with E-state index >= 15 is 0 Å². The molecule has 1 aromatic heterocycles. The summed E-state index contributed by atoms with van der Waals surface area (Å²) in [6.07, 6.45) is 6.51. The second kappa shape index (κ2) is 7.73. The summed E-state index contributed by atoms with van der Waals surface area (Å²) in [6, 6.07) is 1.87. The Balaban J connectivity index is 1.68. The Bertz CT molecular complexity index is 519. The third kappa shape index (κ3) is 3.99. The smallest absolute Gasteiger partial charge is 0.272 e. The molecule has 1 amide bonds. The van der Waals surface area contributed by atoms with Crippen LogP contribution in [0, 0.1) is 0 Å². The first kappa shape index (κ1) is 16.2. The van der Waals surface area contributed by atoms with E-state index in [0.717, 1.165) is 51.6 Å². The summed E-state index contributed by atoms with van der Waals surface area (Å²) < 4.78 is 0. The van der Waals surface area contributed by atoms with E-state index in [-0.39, 0.29) is 5.91 Å². The molecule has 23 heavy (non-hydrogen) atoms. The molecule has 0 spiro atoms. The van der Waals surface area contributed by atoms with Gasteiger partial charge in [-0.15, -0.1) is 0 Å². The molecule has 0 atom stereocenters. The number of carbonyl (C=O) groups is 1. The molecule has 0 bridgehead atoms. The number of amides is 1. The number of piperazine rings is 1. The molecule has 0 saturated carbocycles. The second-order valence-electron chi connectivity index (χ2n) is 6.39. The molecule has 1 aromatic rings. The van der Waals surface area contributed by atoms with Crippen LogP contribution in [0.2, 0.25) is 0 Å². The Labute approximate surface area is 138 Å². The van der Waals surface area contributed by atoms with E-state index in [1.54, 1.807) is 0 Å². The number of aromatic nitrogens is 2. The number of carbonyl (C=O) groups excluding carboxylic acids is 1. The van der Waals surface area contributed by atoms with Gasteiger partial charge in [0.2, 0.25) is 0 Å². The largest absolute Gasteiger partial charge is 0.357 e. The maximum Gasteiger partial charge on any atom is 0.272 e. The standard InChI is InChI=1S/C17H27N5O/c1-2-20-9-11-22(12-10-20)17(23)15-13-16(19-14-18-15)21-7-5-3-4-6-8-21/h13-14H,2-12H2,1H3. The van der Waals surface area contributed by atoms with Crippen molar-refractivity contribution >= 4 is 11.7 Å². The molecule has 0 N–H and O–H groups in total. The van der Waals surface area contributed by atoms with Crippen molar-refractivity contribution in [3.63, 3.8) is 0 Å². The molecule has 2 aliphatic rings. The summed E-state index contributed by atoms with van der Waals surface area (Å²) >= 11 is 0. The van der Waals surface area contributed by atoms with E-state index in [1.165, 1.54) is 32.0 Å². The number of nitrogens with zero attached hydrogens (tertiary/aromatic N) is 5. The van der Waals surface area contributed by atoms with Gasteiger partial charge in [0.1, 0.15) is 17.8 Å². The van der Waals surface area contributed by atoms with Crippen molar-refractivity contribution in [3.8, 4) is 0 Å². The Kier molecular flexibility index (Phi) is 5.43. The first-order valence-corrected chi connectivity index (χ1v) is 8.86. The van der Waals surface area contributed by atoms with E-state index in [1.807, 2.05) is 11.0 Å². The summed E-state index contributed by atoms with van der Waals surface area (Å²) in [4.78, 5) is 27.9. The van der Waals surface area contributed by atoms with E-state index in [2.05, 4.69) is 26.7 Å². The number of anilines is 1. The van der Waals surface area contributed by atoms with Crippen molar-refractivity contribution in [1.82, 2.24) is 19.8 Å². The molecule has 2 fully saturated rings. The van der Waals surface area contributed by atoms with Gasteiger partial charge in [0.05, 0.1) is 0 Å². The molecular formula is C17H27N5O. The van der Waals surface area contributed by atoms with Crippen LogP contribution in [-0.2, 0) is 0 Å². The van der Waals surface area contributed by atoms with Crippen LogP contribution in [0.1, 0.15) is 43.1 Å². The lowest BCUT2D eigenvalue weighted by Gasteiger charge is -2.33. The van der Waals surface area contributed by atoms with Crippen LogP contribution >= 0.6 is 0 Å². The predicted octanol–water partition coefficient (Wildman–Crippen LogP) is 1.63. The van der Waals surface area contributed by atoms with Gasteiger partial charge in [0.15, 0.2) is 0 Å². The van der Waals surface area contributed by atoms with Crippen molar-refractivity contribution < 1.29 is 4.79 Å². The van der Waals surface area contributed by atoms with Crippen LogP contribution in [0.3, 0.4) is 0 Å². The minimum atomic E-state index is 0.0409. The Morgan fingerprint density at radius 1 is 1.00 bits per heavy atom. The first-order valence-electron chi connectivity index (χ1n) is 8.86. The van der Waals surface area contributed by atoms with Crippen molar-refractivity contribution in [3.05, 3.63) is 18.1 Å². The van der Waals surface area contributed by atoms with E-state index in [4.69, 9.17) is 0 Å². The molecule has 6 nitrogen and oxygen atoms in total. The fourth-order valence-electron chi connectivity index (χ4n) is 3.37. The molecule has 126 valence electrons. The highest BCUT2D eigenvalue weighted by Crippen LogP contribution is 2.18. The average molecular weight is 317 g/mol. The van der Waals surface area contributed by atoms with Gasteiger partial charge in [-0.3, -0.25) is 4.79 Å². The predicted molar refractivity (Wildman–Crippen MR) is 90.7 cm³/mol. The van der Waals surface area contributed by atoms with Gasteiger partial charge in [-0.2, -0.15) is 0 Å². The topological polar surface area (TPSA) is 52.6 Å². The molecule has 6 heteroatoms. The summed E-state index contributed by atoms with van der Waals surface area (Å²) in [7, 11) is 0. The molecule has 2 saturated heterocycles. The number of hydrogen-bond donors (Lipinski definition) is 0. The third-order valence-corrected chi connectivity index (χ3v) is 4.91. The number of rotatable bonds is 3. The molecule has 0 aliphatic carbocycles. The van der Waals surface area contributed by atoms with Crippen LogP contribution in [-0.4, -0.2) is 71.5 Å². The highest BCUT2D eigenvalue weighted by Gasteiger charge is 2.23. The quantitative estimate of drug-likeness (QED) is 0.848. The van der Waals surface area contributed by atoms with Gasteiger partial charge in [-0.25, -0.2) is 9.97 Å². The normalized spacial score (nSPS) is 20.4. The molecule has 2 aliphatic heterocycles. The van der Waals surface area contributed by atoms with E-state index < -0.39 is 0 Å². The molecule has 0 aromatic carbocycles. The molecule has 3 rings (SSSR count). The van der Waals surface area contributed by atoms with Gasteiger partial charge >= 0.3 is 0 Å². The highest BCUT2D eigenvalue weighted by atomic mass is 16.2. The van der Waals surface area contributed by atoms with Crippen LogP contribution in [0.4, 0.5) is 5.82 Å². The zero-order valence-electron chi connectivity index (χ0n) is 14.1. The monoisotopic (exact) mass is 317 g/mol. The number of hydrogen-bond acceptors (Lipinski definition) is 5. The second-order valence-corrected chi connectivity index (χ2v) is 6.39. The summed E-state index contributed by atoms with van der Waals surface area (Å²) in [5.74, 6) is 0.941. The Hall–Kier alpha value is -1.69. The van der Waals surface area contributed by atoms with Crippen molar-refractivity contribution in [1.29, 1.82) is 0 Å². The fourth-order valence-corrected chi connectivity index (χ4v) is 3.37. The van der Waals surface area contributed by atoms with Gasteiger partial charge in [0.25, 0.3) is 5.91 Å². The summed E-state index contributed by atoms with van der Waals surface area (Å²) in [5, 5.41) is 0. The van der Waals surface area contributed by atoms with Crippen LogP contribution < -0.4 is 4.90 Å². The van der Waals surface area contributed by atoms with Gasteiger partial charge in [-0.1, -0.05) is 19.8 Å². The third-order valence-electron chi connectivity index (χ3n) is 4.91. The summed E-state index contributed by atoms with van der Waals surface area (Å²) in [6.45, 7) is 8.74. The maximum atomic E-state index is 12.7. The molecule has 0 radical (unpaired) electrons. The van der Waals surface area contributed by atoms with Crippen molar-refractivity contribution in [2.24, 2.45) is 0 Å². The minimum Gasteiger partial charge on any atom is -0.357 e. The average Bonchev–Trinajstić information content (AvgIpc) is 2.91. The van der Waals surface area contributed by atoms with Crippen LogP contribution in [0.25, 0.3) is 0 Å². The Morgan fingerprint density at radius 3 is 2.35 bits per heavy atom. The van der Waals surface area contributed by atoms with Gasteiger partial charge in [-0.05, 0) is 19.4 Å². The van der Waals surface area contributed by atoms with E-state index in [0.29, 0.717) is 5.69 Å². The minimum absolute atomic E-state index is 0.0409. The van der Waals surface area contributed by atoms with Crippen molar-refractivity contribution in [2.45, 2.75) is 32.6 Å². The number of likely N-dealkylation sites (N-methyl/N-ethyl adjacent to an activating group) is 1. The lowest BCUT2D eigenvalue weighted by atomic mass is 10.2. The zero-order chi connectivity index (χ0) is 16.1. The lowest BCUT2D eigenvalue weighted by Crippen LogP contribution is -2.48. The molecular weight excluding hydrogens is 290 g/mol. The summed E-state index contributed by atoms with van der Waals surface area (Å²) in [5.41, 5.74) is 0.532.